The van der Waals surface area contributed by atoms with E-state index >= 15 is 0 Å². The first kappa shape index (κ1) is 28.8. The molecule has 48 heavy (non-hydrogen) atoms. The molecular formula is C42H28N6. The third-order valence-electron chi connectivity index (χ3n) is 8.05. The molecule has 0 unspecified atom stereocenters. The fourth-order valence-corrected chi connectivity index (χ4v) is 5.58. The first-order valence-corrected chi connectivity index (χ1v) is 15.7. The Balaban J connectivity index is 1.16. The fraction of sp³-hybridized carbons (Fsp3) is 0. The van der Waals surface area contributed by atoms with Crippen LogP contribution in [0.2, 0.25) is 0 Å². The number of aromatic nitrogens is 6. The van der Waals surface area contributed by atoms with Crippen LogP contribution in [0.1, 0.15) is 0 Å². The van der Waals surface area contributed by atoms with Crippen molar-refractivity contribution in [3.63, 3.8) is 0 Å². The van der Waals surface area contributed by atoms with Crippen LogP contribution in [0.25, 0.3) is 79.2 Å². The van der Waals surface area contributed by atoms with E-state index in [-0.39, 0.29) is 0 Å². The lowest BCUT2D eigenvalue weighted by Gasteiger charge is -2.11. The van der Waals surface area contributed by atoms with E-state index in [0.29, 0.717) is 23.3 Å². The second-order valence-electron chi connectivity index (χ2n) is 11.3. The van der Waals surface area contributed by atoms with E-state index in [0.717, 1.165) is 55.9 Å². The molecule has 6 heteroatoms. The van der Waals surface area contributed by atoms with Crippen LogP contribution in [0.15, 0.2) is 170 Å². The predicted octanol–water partition coefficient (Wildman–Crippen LogP) is 9.73. The number of rotatable bonds is 7. The van der Waals surface area contributed by atoms with Gasteiger partial charge >= 0.3 is 0 Å². The van der Waals surface area contributed by atoms with Crippen molar-refractivity contribution >= 4 is 0 Å². The minimum absolute atomic E-state index is 0.625. The molecule has 0 fully saturated rings. The van der Waals surface area contributed by atoms with Gasteiger partial charge < -0.3 is 0 Å². The third kappa shape index (κ3) is 6.10. The van der Waals surface area contributed by atoms with Crippen molar-refractivity contribution in [1.82, 2.24) is 29.9 Å². The van der Waals surface area contributed by atoms with E-state index in [9.17, 15) is 0 Å². The molecule has 0 bridgehead atoms. The van der Waals surface area contributed by atoms with Gasteiger partial charge in [-0.25, -0.2) is 24.9 Å². The molecule has 0 saturated carbocycles. The number of benzene rings is 5. The Bertz CT molecular complexity index is 2190. The smallest absolute Gasteiger partial charge is 0.164 e. The molecule has 8 aromatic rings. The molecule has 3 heterocycles. The maximum absolute atomic E-state index is 5.00. The zero-order valence-corrected chi connectivity index (χ0v) is 25.8. The van der Waals surface area contributed by atoms with Gasteiger partial charge in [0.25, 0.3) is 0 Å². The van der Waals surface area contributed by atoms with Crippen molar-refractivity contribution in [2.45, 2.75) is 0 Å². The monoisotopic (exact) mass is 616 g/mol. The normalized spacial score (nSPS) is 10.9. The lowest BCUT2D eigenvalue weighted by molar-refractivity contribution is 1.07. The van der Waals surface area contributed by atoms with Gasteiger partial charge in [0.05, 0.1) is 11.4 Å². The van der Waals surface area contributed by atoms with Crippen LogP contribution in [-0.2, 0) is 0 Å². The topological polar surface area (TPSA) is 77.3 Å². The molecule has 3 aromatic heterocycles. The van der Waals surface area contributed by atoms with Crippen LogP contribution in [0.3, 0.4) is 0 Å². The van der Waals surface area contributed by atoms with Crippen molar-refractivity contribution in [3.05, 3.63) is 170 Å². The molecule has 0 atom stereocenters. The summed E-state index contributed by atoms with van der Waals surface area (Å²) in [5.74, 6) is 2.58. The summed E-state index contributed by atoms with van der Waals surface area (Å²) in [6.45, 7) is 0. The van der Waals surface area contributed by atoms with Gasteiger partial charge in [0, 0.05) is 45.8 Å². The first-order valence-electron chi connectivity index (χ1n) is 15.7. The van der Waals surface area contributed by atoms with Crippen LogP contribution < -0.4 is 0 Å². The highest BCUT2D eigenvalue weighted by atomic mass is 15.0. The quantitative estimate of drug-likeness (QED) is 0.177. The molecular weight excluding hydrogens is 589 g/mol. The minimum Gasteiger partial charge on any atom is -0.264 e. The maximum Gasteiger partial charge on any atom is 0.164 e. The Labute approximate surface area is 278 Å². The molecule has 0 aliphatic carbocycles. The van der Waals surface area contributed by atoms with Crippen LogP contribution >= 0.6 is 0 Å². The predicted molar refractivity (Wildman–Crippen MR) is 191 cm³/mol. The van der Waals surface area contributed by atoms with Gasteiger partial charge in [-0.3, -0.25) is 4.98 Å². The zero-order valence-electron chi connectivity index (χ0n) is 25.8. The van der Waals surface area contributed by atoms with Crippen molar-refractivity contribution < 1.29 is 0 Å². The number of nitrogens with zero attached hydrogens (tertiary/aromatic N) is 6. The highest BCUT2D eigenvalue weighted by Crippen LogP contribution is 2.31. The Morgan fingerprint density at radius 1 is 0.271 bits per heavy atom. The molecule has 0 amide bonds. The molecule has 0 aliphatic heterocycles. The second kappa shape index (κ2) is 13.0. The summed E-state index contributed by atoms with van der Waals surface area (Å²) in [6.07, 6.45) is 3.60. The Morgan fingerprint density at radius 3 is 1.21 bits per heavy atom. The van der Waals surface area contributed by atoms with Crippen LogP contribution in [0, 0.1) is 0 Å². The van der Waals surface area contributed by atoms with Crippen LogP contribution in [0.5, 0.6) is 0 Å². The van der Waals surface area contributed by atoms with Crippen molar-refractivity contribution in [2.24, 2.45) is 0 Å². The summed E-state index contributed by atoms with van der Waals surface area (Å²) in [5, 5.41) is 0. The summed E-state index contributed by atoms with van der Waals surface area (Å²) in [5.41, 5.74) is 9.51. The van der Waals surface area contributed by atoms with Gasteiger partial charge in [0.2, 0.25) is 0 Å². The summed E-state index contributed by atoms with van der Waals surface area (Å²) in [7, 11) is 0. The van der Waals surface area contributed by atoms with Gasteiger partial charge in [0.15, 0.2) is 23.3 Å². The highest BCUT2D eigenvalue weighted by Gasteiger charge is 2.14. The molecule has 0 saturated heterocycles. The lowest BCUT2D eigenvalue weighted by atomic mass is 9.99. The highest BCUT2D eigenvalue weighted by molar-refractivity contribution is 5.77. The summed E-state index contributed by atoms with van der Waals surface area (Å²) >= 11 is 0. The molecule has 0 radical (unpaired) electrons. The SMILES string of the molecule is c1ccc(-c2nc(-c3cccnc3)cc(-c3cccc(-c4ccc(-c5nc(-c6ccccc6)nc(-c6ccccc6)n5)cc4)c3)n2)cc1. The van der Waals surface area contributed by atoms with Gasteiger partial charge in [-0.15, -0.1) is 0 Å². The number of pyridine rings is 1. The molecule has 0 aliphatic rings. The second-order valence-corrected chi connectivity index (χ2v) is 11.3. The zero-order chi connectivity index (χ0) is 32.1. The number of hydrogen-bond donors (Lipinski definition) is 0. The molecule has 5 aromatic carbocycles. The van der Waals surface area contributed by atoms with E-state index in [1.54, 1.807) is 6.20 Å². The summed E-state index contributed by atoms with van der Waals surface area (Å²) < 4.78 is 0. The van der Waals surface area contributed by atoms with E-state index in [1.165, 1.54) is 0 Å². The summed E-state index contributed by atoms with van der Waals surface area (Å²) in [4.78, 5) is 28.8. The first-order chi connectivity index (χ1) is 23.8. The summed E-state index contributed by atoms with van der Waals surface area (Å²) in [6, 6.07) is 52.8. The Hall–Kier alpha value is -6.66. The molecule has 0 N–H and O–H groups in total. The van der Waals surface area contributed by atoms with Gasteiger partial charge in [-0.2, -0.15) is 0 Å². The van der Waals surface area contributed by atoms with Gasteiger partial charge in [-0.05, 0) is 35.4 Å². The average molecular weight is 617 g/mol. The van der Waals surface area contributed by atoms with E-state index < -0.39 is 0 Å². The van der Waals surface area contributed by atoms with Crippen molar-refractivity contribution in [3.8, 4) is 79.2 Å². The van der Waals surface area contributed by atoms with Gasteiger partial charge in [0.1, 0.15) is 0 Å². The molecule has 226 valence electrons. The van der Waals surface area contributed by atoms with Crippen molar-refractivity contribution in [1.29, 1.82) is 0 Å². The van der Waals surface area contributed by atoms with Gasteiger partial charge in [-0.1, -0.05) is 133 Å². The molecule has 8 rings (SSSR count). The number of hydrogen-bond acceptors (Lipinski definition) is 6. The minimum atomic E-state index is 0.625. The Kier molecular flexibility index (Phi) is 7.79. The average Bonchev–Trinajstić information content (AvgIpc) is 3.19. The van der Waals surface area contributed by atoms with Crippen LogP contribution in [-0.4, -0.2) is 29.9 Å². The fourth-order valence-electron chi connectivity index (χ4n) is 5.58. The van der Waals surface area contributed by atoms with E-state index in [2.05, 4.69) is 53.5 Å². The Morgan fingerprint density at radius 2 is 0.688 bits per heavy atom. The third-order valence-corrected chi connectivity index (χ3v) is 8.05. The van der Waals surface area contributed by atoms with Crippen LogP contribution in [0.4, 0.5) is 0 Å². The largest absolute Gasteiger partial charge is 0.264 e. The van der Waals surface area contributed by atoms with E-state index in [1.807, 2.05) is 115 Å². The molecule has 6 nitrogen and oxygen atoms in total. The maximum atomic E-state index is 5.00. The van der Waals surface area contributed by atoms with E-state index in [4.69, 9.17) is 24.9 Å². The molecule has 0 spiro atoms. The van der Waals surface area contributed by atoms with Crippen molar-refractivity contribution in [2.75, 3.05) is 0 Å². The lowest BCUT2D eigenvalue weighted by Crippen LogP contribution is -2.00. The standard InChI is InChI=1S/C42H28N6/c1-4-12-30(13-5-1)39-44-37(27-38(45-39)36-20-11-25-43-28-36)35-19-10-18-34(26-35)29-21-23-33(24-22-29)42-47-40(31-14-6-2-7-15-31)46-41(48-42)32-16-8-3-9-17-32/h1-28H.